The third-order valence-electron chi connectivity index (χ3n) is 3.59. The first-order valence-electron chi connectivity index (χ1n) is 8.77. The van der Waals surface area contributed by atoms with E-state index in [4.69, 9.17) is 9.47 Å². The molecule has 0 amide bonds. The van der Waals surface area contributed by atoms with Crippen LogP contribution in [0.25, 0.3) is 0 Å². The van der Waals surface area contributed by atoms with Gasteiger partial charge in [0.2, 0.25) is 0 Å². The summed E-state index contributed by atoms with van der Waals surface area (Å²) < 4.78 is 9.77. The largest absolute Gasteiger partial charge is 0.469 e. The van der Waals surface area contributed by atoms with Gasteiger partial charge in [-0.3, -0.25) is 9.59 Å². The third-order valence-corrected chi connectivity index (χ3v) is 3.59. The van der Waals surface area contributed by atoms with Gasteiger partial charge in [-0.05, 0) is 51.7 Å². The molecule has 4 heteroatoms. The van der Waals surface area contributed by atoms with E-state index in [0.29, 0.717) is 24.0 Å². The Labute approximate surface area is 157 Å². The van der Waals surface area contributed by atoms with Crippen LogP contribution < -0.4 is 0 Å². The van der Waals surface area contributed by atoms with E-state index >= 15 is 0 Å². The SMILES string of the molecule is CCC(C(=O)OC)C(=C=C(C)C)C#CC(=C=C(C)C)C(CC)C(=O)OC. The van der Waals surface area contributed by atoms with Gasteiger partial charge in [0, 0.05) is 0 Å². The summed E-state index contributed by atoms with van der Waals surface area (Å²) in [6, 6.07) is 0. The lowest BCUT2D eigenvalue weighted by Crippen LogP contribution is -2.18. The first kappa shape index (κ1) is 23.5. The van der Waals surface area contributed by atoms with Crippen LogP contribution in [0.5, 0.6) is 0 Å². The van der Waals surface area contributed by atoms with Gasteiger partial charge in [0.05, 0.1) is 37.2 Å². The molecule has 0 aliphatic rings. The second-order valence-corrected chi connectivity index (χ2v) is 6.30. The molecule has 0 saturated heterocycles. The average molecular weight is 358 g/mol. The quantitative estimate of drug-likeness (QED) is 0.402. The maximum atomic E-state index is 12.1. The number of esters is 2. The Morgan fingerprint density at radius 2 is 1.04 bits per heavy atom. The zero-order chi connectivity index (χ0) is 20.3. The van der Waals surface area contributed by atoms with E-state index in [9.17, 15) is 9.59 Å². The number of hydrogen-bond acceptors (Lipinski definition) is 4. The second-order valence-electron chi connectivity index (χ2n) is 6.30. The van der Waals surface area contributed by atoms with Crippen molar-refractivity contribution in [1.82, 2.24) is 0 Å². The average Bonchev–Trinajstić information content (AvgIpc) is 2.58. The number of carbonyl (C=O) groups excluding carboxylic acids is 2. The highest BCUT2D eigenvalue weighted by atomic mass is 16.5. The molecule has 4 nitrogen and oxygen atoms in total. The Bertz CT molecular complexity index is 647. The predicted molar refractivity (Wildman–Crippen MR) is 103 cm³/mol. The van der Waals surface area contributed by atoms with E-state index in [1.54, 1.807) is 0 Å². The van der Waals surface area contributed by atoms with E-state index in [-0.39, 0.29) is 11.9 Å². The summed E-state index contributed by atoms with van der Waals surface area (Å²) in [4.78, 5) is 24.1. The zero-order valence-electron chi connectivity index (χ0n) is 17.2. The minimum absolute atomic E-state index is 0.349. The maximum absolute atomic E-state index is 12.1. The summed E-state index contributed by atoms with van der Waals surface area (Å²) in [7, 11) is 2.72. The molecule has 0 heterocycles. The van der Waals surface area contributed by atoms with Crippen LogP contribution in [0.15, 0.2) is 33.8 Å². The summed E-state index contributed by atoms with van der Waals surface area (Å²) in [5, 5.41) is 0. The van der Waals surface area contributed by atoms with Crippen LogP contribution in [0.2, 0.25) is 0 Å². The molecule has 0 N–H and O–H groups in total. The van der Waals surface area contributed by atoms with Gasteiger partial charge >= 0.3 is 11.9 Å². The Morgan fingerprint density at radius 3 is 1.23 bits per heavy atom. The van der Waals surface area contributed by atoms with Crippen molar-refractivity contribution in [2.45, 2.75) is 54.4 Å². The number of hydrogen-bond donors (Lipinski definition) is 0. The highest BCUT2D eigenvalue weighted by molar-refractivity contribution is 5.79. The van der Waals surface area contributed by atoms with Crippen molar-refractivity contribution in [3.63, 3.8) is 0 Å². The summed E-state index contributed by atoms with van der Waals surface area (Å²) in [5.74, 6) is 4.38. The summed E-state index contributed by atoms with van der Waals surface area (Å²) in [6.07, 6.45) is 1.10. The van der Waals surface area contributed by atoms with Gasteiger partial charge < -0.3 is 9.47 Å². The van der Waals surface area contributed by atoms with E-state index in [0.717, 1.165) is 11.1 Å². The van der Waals surface area contributed by atoms with E-state index in [2.05, 4.69) is 23.3 Å². The van der Waals surface area contributed by atoms with Crippen LogP contribution in [-0.2, 0) is 19.1 Å². The van der Waals surface area contributed by atoms with Gasteiger partial charge in [-0.15, -0.1) is 11.5 Å². The van der Waals surface area contributed by atoms with Crippen LogP contribution in [-0.4, -0.2) is 26.2 Å². The van der Waals surface area contributed by atoms with Crippen molar-refractivity contribution in [3.05, 3.63) is 33.8 Å². The molecule has 0 aromatic rings. The van der Waals surface area contributed by atoms with Crippen molar-refractivity contribution in [2.24, 2.45) is 11.8 Å². The van der Waals surface area contributed by atoms with Crippen molar-refractivity contribution in [3.8, 4) is 11.8 Å². The van der Waals surface area contributed by atoms with Gasteiger partial charge in [-0.2, -0.15) is 0 Å². The standard InChI is InChI=1S/C22H30O4/c1-9-19(21(23)25-7)17(13-15(3)4)11-12-18(14-16(5)6)20(10-2)22(24)26-8/h19-20H,9-10H2,1-8H3. The van der Waals surface area contributed by atoms with Gasteiger partial charge in [0.1, 0.15) is 0 Å². The molecule has 142 valence electrons. The van der Waals surface area contributed by atoms with E-state index < -0.39 is 11.8 Å². The van der Waals surface area contributed by atoms with Crippen LogP contribution in [0.4, 0.5) is 0 Å². The second kappa shape index (κ2) is 12.0. The molecule has 0 fully saturated rings. The molecule has 0 aromatic heterocycles. The van der Waals surface area contributed by atoms with Crippen molar-refractivity contribution in [1.29, 1.82) is 0 Å². The molecule has 2 unspecified atom stereocenters. The highest BCUT2D eigenvalue weighted by Crippen LogP contribution is 2.19. The first-order valence-corrected chi connectivity index (χ1v) is 8.77. The molecule has 0 aliphatic heterocycles. The van der Waals surface area contributed by atoms with Gasteiger partial charge in [-0.25, -0.2) is 0 Å². The molecular weight excluding hydrogens is 328 g/mol. The molecule has 26 heavy (non-hydrogen) atoms. The fourth-order valence-electron chi connectivity index (χ4n) is 2.35. The third kappa shape index (κ3) is 7.62. The minimum Gasteiger partial charge on any atom is -0.469 e. The van der Waals surface area contributed by atoms with Crippen molar-refractivity contribution in [2.75, 3.05) is 14.2 Å². The Hall–Kier alpha value is -2.46. The lowest BCUT2D eigenvalue weighted by molar-refractivity contribution is -0.144. The molecule has 2 atom stereocenters. The topological polar surface area (TPSA) is 52.6 Å². The Balaban J connectivity index is 6.38. The Kier molecular flexibility index (Phi) is 10.9. The smallest absolute Gasteiger partial charge is 0.314 e. The lowest BCUT2D eigenvalue weighted by Gasteiger charge is -2.12. The molecule has 0 aromatic carbocycles. The van der Waals surface area contributed by atoms with Crippen LogP contribution in [0, 0.1) is 23.7 Å². The van der Waals surface area contributed by atoms with Crippen LogP contribution in [0.3, 0.4) is 0 Å². The number of rotatable bonds is 6. The van der Waals surface area contributed by atoms with E-state index in [1.165, 1.54) is 14.2 Å². The first-order chi connectivity index (χ1) is 12.2. The fourth-order valence-corrected chi connectivity index (χ4v) is 2.35. The fraction of sp³-hybridized carbons (Fsp3) is 0.545. The summed E-state index contributed by atoms with van der Waals surface area (Å²) in [6.45, 7) is 11.4. The zero-order valence-corrected chi connectivity index (χ0v) is 17.2. The van der Waals surface area contributed by atoms with Crippen LogP contribution >= 0.6 is 0 Å². The summed E-state index contributed by atoms with van der Waals surface area (Å²) >= 11 is 0. The van der Waals surface area contributed by atoms with E-state index in [1.807, 2.05) is 41.5 Å². The van der Waals surface area contributed by atoms with Crippen molar-refractivity contribution < 1.29 is 19.1 Å². The number of methoxy groups -OCH3 is 2. The maximum Gasteiger partial charge on any atom is 0.314 e. The number of carbonyl (C=O) groups is 2. The predicted octanol–water partition coefficient (Wildman–Crippen LogP) is 4.37. The summed E-state index contributed by atoms with van der Waals surface area (Å²) in [5.41, 5.74) is 9.21. The van der Waals surface area contributed by atoms with Gasteiger partial charge in [-0.1, -0.05) is 25.7 Å². The minimum atomic E-state index is -0.492. The number of ether oxygens (including phenoxy) is 2. The Morgan fingerprint density at radius 1 is 0.731 bits per heavy atom. The van der Waals surface area contributed by atoms with Crippen molar-refractivity contribution >= 4 is 11.9 Å². The molecule has 0 radical (unpaired) electrons. The lowest BCUT2D eigenvalue weighted by atomic mass is 9.93. The van der Waals surface area contributed by atoms with Gasteiger partial charge in [0.25, 0.3) is 0 Å². The molecule has 0 spiro atoms. The molecule has 0 saturated carbocycles. The highest BCUT2D eigenvalue weighted by Gasteiger charge is 2.23. The normalized spacial score (nSPS) is 11.5. The molecular formula is C22H30O4. The van der Waals surface area contributed by atoms with Gasteiger partial charge in [0.15, 0.2) is 0 Å². The molecule has 0 rings (SSSR count). The molecule has 0 bridgehead atoms. The van der Waals surface area contributed by atoms with Crippen LogP contribution in [0.1, 0.15) is 54.4 Å². The molecule has 0 aliphatic carbocycles. The monoisotopic (exact) mass is 358 g/mol.